The number of rotatable bonds is 9. The number of benzene rings is 7. The second-order valence-electron chi connectivity index (χ2n) is 23.5. The maximum Gasteiger partial charge on any atom is 0.0620 e. The molecule has 0 N–H and O–H groups in total. The van der Waals surface area contributed by atoms with Crippen LogP contribution in [0.1, 0.15) is 130 Å². The molecule has 0 heterocycles. The van der Waals surface area contributed by atoms with Gasteiger partial charge in [-0.25, -0.2) is 0 Å². The van der Waals surface area contributed by atoms with E-state index >= 15 is 0 Å². The molecule has 8 fully saturated rings. The maximum absolute atomic E-state index is 2.74. The van der Waals surface area contributed by atoms with E-state index in [0.29, 0.717) is 5.92 Å². The lowest BCUT2D eigenvalue weighted by Crippen LogP contribution is -2.48. The largest absolute Gasteiger partial charge is 0.309 e. The molecule has 7 aromatic carbocycles. The summed E-state index contributed by atoms with van der Waals surface area (Å²) in [4.78, 5) is 5.31. The van der Waals surface area contributed by atoms with Crippen LogP contribution in [-0.2, 0) is 10.8 Å². The lowest BCUT2D eigenvalue weighted by Gasteiger charge is -2.57. The van der Waals surface area contributed by atoms with E-state index in [9.17, 15) is 0 Å². The molecule has 0 amide bonds. The molecule has 0 spiro atoms. The Bertz CT molecular complexity index is 2910. The Morgan fingerprint density at radius 3 is 1.06 bits per heavy atom. The maximum atomic E-state index is 2.74. The van der Waals surface area contributed by atoms with Crippen molar-refractivity contribution >= 4 is 55.7 Å². The van der Waals surface area contributed by atoms with Gasteiger partial charge in [0.25, 0.3) is 0 Å². The number of aryl methyl sites for hydroxylation is 3. The minimum Gasteiger partial charge on any atom is -0.309 e. The SMILES string of the molecule is Cc1cccc(N(c2ccc(C(C)C)cc2)c2c3ccc(C45CC6CC(CC(C6)C4)C5)cc3c(N(c3cccc(C)c3)c3cccc(C)c3)c3ccc(C45CC6CC(CC(C6)C4)C5)cc23)c1. The van der Waals surface area contributed by atoms with Crippen molar-refractivity contribution in [1.29, 1.82) is 0 Å². The molecule has 0 aromatic heterocycles. The lowest BCUT2D eigenvalue weighted by molar-refractivity contribution is -0.00525. The van der Waals surface area contributed by atoms with Crippen LogP contribution in [0.15, 0.2) is 133 Å². The normalized spacial score (nSPS) is 28.2. The third-order valence-corrected chi connectivity index (χ3v) is 18.4. The van der Waals surface area contributed by atoms with Crippen LogP contribution in [0.2, 0.25) is 0 Å². The molecule has 7 aromatic rings. The van der Waals surface area contributed by atoms with Crippen molar-refractivity contribution < 1.29 is 0 Å². The zero-order valence-corrected chi connectivity index (χ0v) is 40.1. The van der Waals surface area contributed by atoms with E-state index in [2.05, 4.69) is 178 Å². The molecule has 0 atom stereocenters. The number of anilines is 6. The van der Waals surface area contributed by atoms with Crippen LogP contribution < -0.4 is 9.80 Å². The van der Waals surface area contributed by atoms with Crippen molar-refractivity contribution in [3.8, 4) is 0 Å². The van der Waals surface area contributed by atoms with Gasteiger partial charge in [0.1, 0.15) is 0 Å². The van der Waals surface area contributed by atoms with Gasteiger partial charge in [-0.05, 0) is 244 Å². The first-order chi connectivity index (χ1) is 32.1. The molecule has 15 rings (SSSR count). The van der Waals surface area contributed by atoms with E-state index in [1.54, 1.807) is 11.1 Å². The van der Waals surface area contributed by atoms with E-state index in [4.69, 9.17) is 0 Å². The molecule has 8 bridgehead atoms. The highest BCUT2D eigenvalue weighted by Gasteiger charge is 2.53. The molecule has 66 heavy (non-hydrogen) atoms. The van der Waals surface area contributed by atoms with Gasteiger partial charge in [-0.3, -0.25) is 0 Å². The quantitative estimate of drug-likeness (QED) is 0.105. The molecular weight excluding hydrogens is 797 g/mol. The molecule has 8 saturated carbocycles. The molecule has 2 heteroatoms. The summed E-state index contributed by atoms with van der Waals surface area (Å²) in [6, 6.07) is 53.4. The Morgan fingerprint density at radius 1 is 0.379 bits per heavy atom. The first kappa shape index (κ1) is 40.9. The van der Waals surface area contributed by atoms with Gasteiger partial charge in [0.15, 0.2) is 0 Å². The van der Waals surface area contributed by atoms with E-state index in [1.807, 2.05) is 0 Å². The van der Waals surface area contributed by atoms with E-state index < -0.39 is 0 Å². The van der Waals surface area contributed by atoms with Gasteiger partial charge in [0, 0.05) is 44.3 Å². The predicted molar refractivity (Wildman–Crippen MR) is 279 cm³/mol. The van der Waals surface area contributed by atoms with Crippen molar-refractivity contribution in [2.45, 2.75) is 128 Å². The van der Waals surface area contributed by atoms with E-state index in [1.165, 1.54) is 155 Å². The third kappa shape index (κ3) is 6.70. The van der Waals surface area contributed by atoms with Gasteiger partial charge in [-0.15, -0.1) is 0 Å². The summed E-state index contributed by atoms with van der Waals surface area (Å²) in [7, 11) is 0. The van der Waals surface area contributed by atoms with Crippen molar-refractivity contribution in [1.82, 2.24) is 0 Å². The van der Waals surface area contributed by atoms with E-state index in [-0.39, 0.29) is 10.8 Å². The van der Waals surface area contributed by atoms with Crippen molar-refractivity contribution in [3.63, 3.8) is 0 Å². The second-order valence-corrected chi connectivity index (χ2v) is 23.5. The summed E-state index contributed by atoms with van der Waals surface area (Å²) in [6.07, 6.45) is 16.8. The Balaban J connectivity index is 1.16. The summed E-state index contributed by atoms with van der Waals surface area (Å²) in [6.45, 7) is 11.4. The van der Waals surface area contributed by atoms with Crippen LogP contribution in [0.3, 0.4) is 0 Å². The van der Waals surface area contributed by atoms with Crippen LogP contribution >= 0.6 is 0 Å². The molecule has 0 unspecified atom stereocenters. The highest BCUT2D eigenvalue weighted by atomic mass is 15.2. The van der Waals surface area contributed by atoms with Gasteiger partial charge in [-0.2, -0.15) is 0 Å². The standard InChI is InChI=1S/C64H68N2/c1-40(2)50-15-19-53(20-16-50)65(54-12-6-9-41(3)23-54)61-57-21-17-52(64-37-47-29-48(38-64)31-49(30-47)39-64)33-60(57)62(66(55-13-7-10-42(4)24-55)56-14-8-11-43(5)25-56)58-22-18-51(32-59(58)61)63-34-44-26-45(35-63)28-46(27-44)36-63/h6-25,32-33,40,44-49H,26-31,34-39H2,1-5H3. The summed E-state index contributed by atoms with van der Waals surface area (Å²) < 4.78 is 0. The summed E-state index contributed by atoms with van der Waals surface area (Å²) >= 11 is 0. The van der Waals surface area contributed by atoms with Gasteiger partial charge >= 0.3 is 0 Å². The molecule has 8 aliphatic carbocycles. The number of fused-ring (bicyclic) bond motifs is 2. The zero-order valence-electron chi connectivity index (χ0n) is 40.1. The third-order valence-electron chi connectivity index (χ3n) is 18.4. The van der Waals surface area contributed by atoms with Crippen molar-refractivity contribution in [3.05, 3.63) is 167 Å². The Kier molecular flexibility index (Phi) is 9.51. The van der Waals surface area contributed by atoms with Crippen LogP contribution in [0.4, 0.5) is 34.1 Å². The van der Waals surface area contributed by atoms with Crippen LogP contribution in [0.25, 0.3) is 21.5 Å². The van der Waals surface area contributed by atoms with Gasteiger partial charge in [0.05, 0.1) is 11.4 Å². The fourth-order valence-corrected chi connectivity index (χ4v) is 16.4. The zero-order chi connectivity index (χ0) is 44.5. The number of nitrogens with zero attached hydrogens (tertiary/aromatic N) is 2. The molecule has 2 nitrogen and oxygen atoms in total. The van der Waals surface area contributed by atoms with Crippen LogP contribution in [-0.4, -0.2) is 0 Å². The van der Waals surface area contributed by atoms with Crippen molar-refractivity contribution in [2.75, 3.05) is 9.80 Å². The Hall–Kier alpha value is -5.34. The highest BCUT2D eigenvalue weighted by molar-refractivity contribution is 6.23. The van der Waals surface area contributed by atoms with Crippen molar-refractivity contribution in [2.24, 2.45) is 35.5 Å². The monoisotopic (exact) mass is 865 g/mol. The predicted octanol–water partition coefficient (Wildman–Crippen LogP) is 17.9. The highest BCUT2D eigenvalue weighted by Crippen LogP contribution is 2.64. The smallest absolute Gasteiger partial charge is 0.0620 e. The number of hydrogen-bond acceptors (Lipinski definition) is 2. The van der Waals surface area contributed by atoms with Crippen LogP contribution in [0, 0.1) is 56.3 Å². The average molecular weight is 865 g/mol. The minimum atomic E-state index is 0.261. The number of hydrogen-bond donors (Lipinski definition) is 0. The molecular formula is C64H68N2. The second kappa shape index (κ2) is 15.3. The molecule has 8 aliphatic rings. The van der Waals surface area contributed by atoms with Gasteiger partial charge in [-0.1, -0.05) is 86.6 Å². The summed E-state index contributed by atoms with van der Waals surface area (Å²) in [5.41, 5.74) is 16.5. The minimum absolute atomic E-state index is 0.261. The first-order valence-electron chi connectivity index (χ1n) is 26.0. The van der Waals surface area contributed by atoms with Gasteiger partial charge in [0.2, 0.25) is 0 Å². The molecule has 0 radical (unpaired) electrons. The molecule has 0 aliphatic heterocycles. The Morgan fingerprint density at radius 2 is 0.727 bits per heavy atom. The molecule has 0 saturated heterocycles. The summed E-state index contributed by atoms with van der Waals surface area (Å²) in [5, 5.41) is 5.42. The van der Waals surface area contributed by atoms with Gasteiger partial charge < -0.3 is 9.80 Å². The van der Waals surface area contributed by atoms with E-state index in [0.717, 1.165) is 35.5 Å². The summed E-state index contributed by atoms with van der Waals surface area (Å²) in [5.74, 6) is 5.73. The fraction of sp³-hybridized carbons (Fsp3) is 0.406. The lowest BCUT2D eigenvalue weighted by atomic mass is 9.48. The Labute approximate surface area is 394 Å². The van der Waals surface area contributed by atoms with Crippen LogP contribution in [0.5, 0.6) is 0 Å². The topological polar surface area (TPSA) is 6.48 Å². The first-order valence-corrected chi connectivity index (χ1v) is 26.0. The fourth-order valence-electron chi connectivity index (χ4n) is 16.4. The molecule has 334 valence electrons. The average Bonchev–Trinajstić information content (AvgIpc) is 3.29.